The second kappa shape index (κ2) is 12.1. The number of hydrogen-bond donors (Lipinski definition) is 1. The van der Waals surface area contributed by atoms with E-state index in [9.17, 15) is 14.9 Å². The summed E-state index contributed by atoms with van der Waals surface area (Å²) in [6, 6.07) is 15.5. The number of carbonyl (C=O) groups excluding carboxylic acids is 2. The monoisotopic (exact) mass is 406 g/mol. The highest BCUT2D eigenvalue weighted by Gasteiger charge is 2.11. The lowest BCUT2D eigenvalue weighted by Gasteiger charge is -2.07. The van der Waals surface area contributed by atoms with Gasteiger partial charge in [0.25, 0.3) is 5.91 Å². The number of esters is 1. The van der Waals surface area contributed by atoms with Crippen LogP contribution >= 0.6 is 0 Å². The Kier molecular flexibility index (Phi) is 9.14. The highest BCUT2D eigenvalue weighted by Crippen LogP contribution is 2.16. The van der Waals surface area contributed by atoms with Gasteiger partial charge in [0.2, 0.25) is 0 Å². The molecular formula is C24H26N2O4. The third kappa shape index (κ3) is 7.10. The third-order valence-corrected chi connectivity index (χ3v) is 4.14. The first kappa shape index (κ1) is 22.7. The van der Waals surface area contributed by atoms with Crippen LogP contribution in [0, 0.1) is 11.3 Å². The van der Waals surface area contributed by atoms with Gasteiger partial charge in [0.05, 0.1) is 18.8 Å². The molecule has 0 radical (unpaired) electrons. The summed E-state index contributed by atoms with van der Waals surface area (Å²) in [7, 11) is 0. The Balaban J connectivity index is 2.00. The van der Waals surface area contributed by atoms with Gasteiger partial charge in [0.15, 0.2) is 0 Å². The number of benzene rings is 2. The summed E-state index contributed by atoms with van der Waals surface area (Å²) >= 11 is 0. The molecule has 2 aromatic carbocycles. The van der Waals surface area contributed by atoms with E-state index in [0.29, 0.717) is 24.5 Å². The molecule has 0 aliphatic rings. The first-order chi connectivity index (χ1) is 14.6. The maximum atomic E-state index is 12.4. The molecule has 2 aromatic rings. The molecule has 0 aromatic heterocycles. The molecule has 0 atom stereocenters. The summed E-state index contributed by atoms with van der Waals surface area (Å²) in [5, 5.41) is 12.0. The minimum absolute atomic E-state index is 0.0268. The predicted molar refractivity (Wildman–Crippen MR) is 116 cm³/mol. The summed E-state index contributed by atoms with van der Waals surface area (Å²) in [4.78, 5) is 24.3. The topological polar surface area (TPSA) is 88.4 Å². The van der Waals surface area contributed by atoms with Crippen molar-refractivity contribution in [2.24, 2.45) is 0 Å². The molecule has 156 valence electrons. The number of ether oxygens (including phenoxy) is 2. The number of nitriles is 1. The van der Waals surface area contributed by atoms with E-state index in [0.717, 1.165) is 30.6 Å². The number of anilines is 1. The molecule has 6 heteroatoms. The van der Waals surface area contributed by atoms with Gasteiger partial charge in [0.1, 0.15) is 17.4 Å². The molecule has 0 aliphatic carbocycles. The van der Waals surface area contributed by atoms with Crippen LogP contribution in [-0.4, -0.2) is 25.1 Å². The van der Waals surface area contributed by atoms with Crippen LogP contribution in [0.5, 0.6) is 5.75 Å². The average molecular weight is 406 g/mol. The second-order valence-electron chi connectivity index (χ2n) is 6.61. The Morgan fingerprint density at radius 1 is 1.00 bits per heavy atom. The van der Waals surface area contributed by atoms with E-state index in [-0.39, 0.29) is 5.57 Å². The van der Waals surface area contributed by atoms with Crippen molar-refractivity contribution in [2.75, 3.05) is 18.5 Å². The normalized spacial score (nSPS) is 10.8. The van der Waals surface area contributed by atoms with Gasteiger partial charge in [0, 0.05) is 5.69 Å². The first-order valence-corrected chi connectivity index (χ1v) is 10.0. The van der Waals surface area contributed by atoms with Crippen molar-refractivity contribution >= 4 is 23.6 Å². The number of nitrogens with zero attached hydrogens (tertiary/aromatic N) is 1. The van der Waals surface area contributed by atoms with E-state index in [1.807, 2.05) is 25.1 Å². The Bertz CT molecular complexity index is 910. The number of carbonyl (C=O) groups is 2. The van der Waals surface area contributed by atoms with E-state index < -0.39 is 11.9 Å². The molecule has 1 N–H and O–H groups in total. The third-order valence-electron chi connectivity index (χ3n) is 4.14. The Hall–Kier alpha value is -3.59. The standard InChI is InChI=1S/C24H26N2O4/c1-3-5-15-29-22-12-6-18(7-13-22)16-20(17-25)23(27)26-21-10-8-19(9-11-21)24(28)30-14-4-2/h6-13,16H,3-5,14-15H2,1-2H3,(H,26,27)/b20-16+. The largest absolute Gasteiger partial charge is 0.494 e. The fraction of sp³-hybridized carbons (Fsp3) is 0.292. The molecule has 30 heavy (non-hydrogen) atoms. The molecule has 1 amide bonds. The van der Waals surface area contributed by atoms with E-state index in [4.69, 9.17) is 9.47 Å². The quantitative estimate of drug-likeness (QED) is 0.260. The number of unbranched alkanes of at least 4 members (excludes halogenated alkanes) is 1. The fourth-order valence-corrected chi connectivity index (χ4v) is 2.48. The van der Waals surface area contributed by atoms with Crippen LogP contribution in [0.2, 0.25) is 0 Å². The van der Waals surface area contributed by atoms with Crippen molar-refractivity contribution in [3.8, 4) is 11.8 Å². The van der Waals surface area contributed by atoms with Gasteiger partial charge in [-0.1, -0.05) is 32.4 Å². The molecule has 0 aliphatic heterocycles. The predicted octanol–water partition coefficient (Wildman–Crippen LogP) is 4.98. The van der Waals surface area contributed by atoms with E-state index in [1.165, 1.54) is 6.08 Å². The lowest BCUT2D eigenvalue weighted by molar-refractivity contribution is -0.112. The average Bonchev–Trinajstić information content (AvgIpc) is 2.77. The summed E-state index contributed by atoms with van der Waals surface area (Å²) in [6.45, 7) is 5.04. The first-order valence-electron chi connectivity index (χ1n) is 10.0. The summed E-state index contributed by atoms with van der Waals surface area (Å²) in [5.74, 6) is -0.183. The molecule has 0 spiro atoms. The number of rotatable bonds is 10. The molecule has 0 fully saturated rings. The Morgan fingerprint density at radius 2 is 1.70 bits per heavy atom. The lowest BCUT2D eigenvalue weighted by Crippen LogP contribution is -2.13. The second-order valence-corrected chi connectivity index (χ2v) is 6.61. The van der Waals surface area contributed by atoms with Crippen LogP contribution in [0.1, 0.15) is 49.0 Å². The minimum Gasteiger partial charge on any atom is -0.494 e. The van der Waals surface area contributed by atoms with E-state index in [2.05, 4.69) is 12.2 Å². The molecule has 0 unspecified atom stereocenters. The van der Waals surface area contributed by atoms with Gasteiger partial charge in [-0.05, 0) is 60.9 Å². The van der Waals surface area contributed by atoms with Crippen LogP contribution in [-0.2, 0) is 9.53 Å². The minimum atomic E-state index is -0.526. The molecule has 0 heterocycles. The highest BCUT2D eigenvalue weighted by atomic mass is 16.5. The molecule has 0 saturated carbocycles. The summed E-state index contributed by atoms with van der Waals surface area (Å²) < 4.78 is 10.7. The number of amides is 1. The Morgan fingerprint density at radius 3 is 2.30 bits per heavy atom. The van der Waals surface area contributed by atoms with Crippen molar-refractivity contribution in [3.05, 3.63) is 65.2 Å². The van der Waals surface area contributed by atoms with Crippen LogP contribution in [0.3, 0.4) is 0 Å². The maximum absolute atomic E-state index is 12.4. The molecule has 6 nitrogen and oxygen atoms in total. The van der Waals surface area contributed by atoms with Gasteiger partial charge in [-0.3, -0.25) is 4.79 Å². The van der Waals surface area contributed by atoms with Crippen LogP contribution in [0.15, 0.2) is 54.1 Å². The number of hydrogen-bond acceptors (Lipinski definition) is 5. The maximum Gasteiger partial charge on any atom is 0.338 e. The Labute approximate surface area is 177 Å². The van der Waals surface area contributed by atoms with Gasteiger partial charge in [-0.15, -0.1) is 0 Å². The van der Waals surface area contributed by atoms with Crippen molar-refractivity contribution in [2.45, 2.75) is 33.1 Å². The van der Waals surface area contributed by atoms with E-state index >= 15 is 0 Å². The lowest BCUT2D eigenvalue weighted by atomic mass is 10.1. The molecule has 2 rings (SSSR count). The SMILES string of the molecule is CCCCOc1ccc(/C=C(\C#N)C(=O)Nc2ccc(C(=O)OCCC)cc2)cc1. The smallest absolute Gasteiger partial charge is 0.338 e. The van der Waals surface area contributed by atoms with Crippen LogP contribution in [0.4, 0.5) is 5.69 Å². The van der Waals surface area contributed by atoms with E-state index in [1.54, 1.807) is 36.4 Å². The summed E-state index contributed by atoms with van der Waals surface area (Å²) in [6.07, 6.45) is 4.31. The van der Waals surface area contributed by atoms with Crippen molar-refractivity contribution < 1.29 is 19.1 Å². The summed E-state index contributed by atoms with van der Waals surface area (Å²) in [5.41, 5.74) is 1.58. The molecule has 0 saturated heterocycles. The highest BCUT2D eigenvalue weighted by molar-refractivity contribution is 6.09. The van der Waals surface area contributed by atoms with Crippen molar-refractivity contribution in [1.29, 1.82) is 5.26 Å². The number of nitrogens with one attached hydrogen (secondary N) is 1. The van der Waals surface area contributed by atoms with Crippen molar-refractivity contribution in [3.63, 3.8) is 0 Å². The van der Waals surface area contributed by atoms with Gasteiger partial charge >= 0.3 is 5.97 Å². The zero-order valence-corrected chi connectivity index (χ0v) is 17.3. The van der Waals surface area contributed by atoms with Crippen molar-refractivity contribution in [1.82, 2.24) is 0 Å². The van der Waals surface area contributed by atoms with Gasteiger partial charge < -0.3 is 14.8 Å². The molecular weight excluding hydrogens is 380 g/mol. The fourth-order valence-electron chi connectivity index (χ4n) is 2.48. The molecule has 0 bridgehead atoms. The van der Waals surface area contributed by atoms with Crippen LogP contribution < -0.4 is 10.1 Å². The zero-order chi connectivity index (χ0) is 21.8. The zero-order valence-electron chi connectivity index (χ0n) is 17.3. The van der Waals surface area contributed by atoms with Gasteiger partial charge in [-0.2, -0.15) is 5.26 Å². The van der Waals surface area contributed by atoms with Gasteiger partial charge in [-0.25, -0.2) is 4.79 Å². The van der Waals surface area contributed by atoms with Crippen LogP contribution in [0.25, 0.3) is 6.08 Å².